The van der Waals surface area contributed by atoms with Gasteiger partial charge in [-0.3, -0.25) is 14.4 Å². The highest BCUT2D eigenvalue weighted by molar-refractivity contribution is 6.13. The van der Waals surface area contributed by atoms with Crippen LogP contribution in [0, 0.1) is 17.8 Å². The van der Waals surface area contributed by atoms with E-state index in [1.165, 1.54) is 9.80 Å². The largest absolute Gasteiger partial charge is 0.383 e. The summed E-state index contributed by atoms with van der Waals surface area (Å²) in [4.78, 5) is 42.1. The molecule has 4 saturated heterocycles. The molecule has 0 bridgehead atoms. The minimum absolute atomic E-state index is 0.176. The van der Waals surface area contributed by atoms with Gasteiger partial charge in [-0.2, -0.15) is 0 Å². The molecule has 0 aromatic carbocycles. The molecule has 4 aliphatic heterocycles. The number of carbonyl (C=O) groups is 3. The number of rotatable bonds is 1. The summed E-state index contributed by atoms with van der Waals surface area (Å²) in [6.45, 7) is 4.47. The van der Waals surface area contributed by atoms with Crippen LogP contribution in [0.4, 0.5) is 0 Å². The lowest BCUT2D eigenvalue weighted by atomic mass is 9.53. The summed E-state index contributed by atoms with van der Waals surface area (Å²) in [6.07, 6.45) is 6.05. The summed E-state index contributed by atoms with van der Waals surface area (Å²) < 4.78 is 6.06. The van der Waals surface area contributed by atoms with Crippen molar-refractivity contribution in [3.05, 3.63) is 23.9 Å². The SMILES string of the molecule is CC(=O)C1(O)C(=O)N2C3C1(O)OC14C(=O)N(C)C5=CC=CC(CC(C2(C)C)C31O)C54. The van der Waals surface area contributed by atoms with Crippen molar-refractivity contribution >= 4 is 17.6 Å². The van der Waals surface area contributed by atoms with E-state index in [0.29, 0.717) is 12.1 Å². The van der Waals surface area contributed by atoms with Gasteiger partial charge >= 0.3 is 0 Å². The number of Topliss-reactive ketones (excluding diaryl/α,β-unsaturated/α-hetero) is 1. The molecular weight excluding hydrogens is 392 g/mol. The standard InChI is InChI=1S/C21H24N2O7/c1-9(24)18(27)15(25)23-14-19(28)12(17(23,2)3)8-10-6-5-7-11-13(10)20(19,16(26)22(11)4)30-21(14,18)29/h5-7,10,12-14,27-29H,8H2,1-4H3. The fourth-order valence-electron chi connectivity index (χ4n) is 7.67. The molecule has 0 aromatic rings. The number of hydrogen-bond donors (Lipinski definition) is 3. The van der Waals surface area contributed by atoms with E-state index in [1.807, 2.05) is 12.2 Å². The number of ketones is 1. The highest BCUT2D eigenvalue weighted by Gasteiger charge is 2.96. The maximum Gasteiger partial charge on any atom is 0.269 e. The van der Waals surface area contributed by atoms with Gasteiger partial charge in [0, 0.05) is 30.1 Å². The molecule has 6 rings (SSSR count). The second-order valence-corrected chi connectivity index (χ2v) is 10.1. The Balaban J connectivity index is 1.72. The minimum atomic E-state index is -2.91. The quantitative estimate of drug-likeness (QED) is 0.452. The van der Waals surface area contributed by atoms with Crippen LogP contribution in [0.1, 0.15) is 27.2 Å². The molecule has 160 valence electrons. The maximum absolute atomic E-state index is 13.7. The van der Waals surface area contributed by atoms with Crippen molar-refractivity contribution in [2.75, 3.05) is 7.05 Å². The predicted molar refractivity (Wildman–Crippen MR) is 99.1 cm³/mol. The maximum atomic E-state index is 13.7. The molecule has 0 radical (unpaired) electrons. The summed E-state index contributed by atoms with van der Waals surface area (Å²) in [5.74, 6) is -6.69. The normalized spacial score (nSPS) is 53.9. The Kier molecular flexibility index (Phi) is 2.85. The van der Waals surface area contributed by atoms with Crippen LogP contribution in [0.2, 0.25) is 0 Å². The molecule has 1 spiro atoms. The van der Waals surface area contributed by atoms with Gasteiger partial charge < -0.3 is 29.9 Å². The van der Waals surface area contributed by atoms with Crippen LogP contribution >= 0.6 is 0 Å². The highest BCUT2D eigenvalue weighted by Crippen LogP contribution is 2.74. The molecule has 6 aliphatic rings. The van der Waals surface area contributed by atoms with Crippen molar-refractivity contribution in [3.63, 3.8) is 0 Å². The summed E-state index contributed by atoms with van der Waals surface area (Å²) in [6, 6.07) is -1.45. The predicted octanol–water partition coefficient (Wildman–Crippen LogP) is -1.32. The second-order valence-electron chi connectivity index (χ2n) is 10.1. The van der Waals surface area contributed by atoms with E-state index >= 15 is 0 Å². The number of hydrogen-bond acceptors (Lipinski definition) is 7. The number of carbonyl (C=O) groups excluding carboxylic acids is 3. The van der Waals surface area contributed by atoms with Gasteiger partial charge in [-0.15, -0.1) is 0 Å². The zero-order chi connectivity index (χ0) is 21.8. The summed E-state index contributed by atoms with van der Waals surface area (Å²) >= 11 is 0. The van der Waals surface area contributed by atoms with Crippen LogP contribution in [0.15, 0.2) is 23.9 Å². The van der Waals surface area contributed by atoms with Gasteiger partial charge in [0.15, 0.2) is 11.4 Å². The summed E-state index contributed by atoms with van der Waals surface area (Å²) in [7, 11) is 1.58. The first-order chi connectivity index (χ1) is 13.8. The van der Waals surface area contributed by atoms with Gasteiger partial charge in [0.2, 0.25) is 5.79 Å². The van der Waals surface area contributed by atoms with Crippen molar-refractivity contribution in [1.82, 2.24) is 9.80 Å². The molecule has 8 unspecified atom stereocenters. The molecular formula is C21H24N2O7. The number of likely N-dealkylation sites (N-methyl/N-ethyl adjacent to an activating group) is 1. The zero-order valence-electron chi connectivity index (χ0n) is 17.1. The Labute approximate surface area is 172 Å². The number of nitrogens with zero attached hydrogens (tertiary/aromatic N) is 2. The lowest BCUT2D eigenvalue weighted by Crippen LogP contribution is -2.69. The molecule has 1 saturated carbocycles. The second kappa shape index (κ2) is 4.57. The van der Waals surface area contributed by atoms with Gasteiger partial charge in [0.05, 0.1) is 0 Å². The average molecular weight is 416 g/mol. The Bertz CT molecular complexity index is 1030. The molecule has 30 heavy (non-hydrogen) atoms. The van der Waals surface area contributed by atoms with E-state index in [0.717, 1.165) is 6.92 Å². The van der Waals surface area contributed by atoms with E-state index in [4.69, 9.17) is 4.74 Å². The van der Waals surface area contributed by atoms with Crippen LogP contribution in [-0.4, -0.2) is 83.9 Å². The molecule has 0 aromatic heterocycles. The molecule has 8 atom stereocenters. The third kappa shape index (κ3) is 1.33. The van der Waals surface area contributed by atoms with Crippen LogP contribution in [0.25, 0.3) is 0 Å². The third-order valence-corrected chi connectivity index (χ3v) is 8.85. The van der Waals surface area contributed by atoms with Gasteiger partial charge in [-0.05, 0) is 39.2 Å². The van der Waals surface area contributed by atoms with Crippen molar-refractivity contribution < 1.29 is 34.4 Å². The van der Waals surface area contributed by atoms with Crippen molar-refractivity contribution in [1.29, 1.82) is 0 Å². The number of allylic oxidation sites excluding steroid dienone is 3. The van der Waals surface area contributed by atoms with E-state index in [-0.39, 0.29) is 5.92 Å². The molecule has 2 aliphatic carbocycles. The summed E-state index contributed by atoms with van der Waals surface area (Å²) in [5, 5.41) is 35.3. The lowest BCUT2D eigenvalue weighted by molar-refractivity contribution is -0.293. The van der Waals surface area contributed by atoms with Gasteiger partial charge in [-0.25, -0.2) is 0 Å². The number of ether oxygens (including phenoxy) is 1. The van der Waals surface area contributed by atoms with Crippen LogP contribution < -0.4 is 0 Å². The number of aliphatic hydroxyl groups is 3. The molecule has 2 amide bonds. The number of amides is 2. The Hall–Kier alpha value is -2.07. The first kappa shape index (κ1) is 18.7. The lowest BCUT2D eigenvalue weighted by Gasteiger charge is -2.51. The Morgan fingerprint density at radius 2 is 1.87 bits per heavy atom. The third-order valence-electron chi connectivity index (χ3n) is 8.85. The first-order valence-corrected chi connectivity index (χ1v) is 10.2. The molecule has 3 N–H and O–H groups in total. The van der Waals surface area contributed by atoms with Crippen LogP contribution in [0.5, 0.6) is 0 Å². The Morgan fingerprint density at radius 1 is 1.20 bits per heavy atom. The van der Waals surface area contributed by atoms with E-state index in [9.17, 15) is 29.7 Å². The summed E-state index contributed by atoms with van der Waals surface area (Å²) in [5.41, 5.74) is -7.19. The van der Waals surface area contributed by atoms with Gasteiger partial charge in [-0.1, -0.05) is 12.2 Å². The van der Waals surface area contributed by atoms with E-state index in [2.05, 4.69) is 0 Å². The van der Waals surface area contributed by atoms with Crippen molar-refractivity contribution in [2.45, 2.75) is 61.4 Å². The smallest absolute Gasteiger partial charge is 0.269 e. The molecule has 4 heterocycles. The van der Waals surface area contributed by atoms with Crippen molar-refractivity contribution in [2.24, 2.45) is 17.8 Å². The van der Waals surface area contributed by atoms with E-state index in [1.54, 1.807) is 27.0 Å². The topological polar surface area (TPSA) is 128 Å². The van der Waals surface area contributed by atoms with Crippen molar-refractivity contribution in [3.8, 4) is 0 Å². The first-order valence-electron chi connectivity index (χ1n) is 10.2. The van der Waals surface area contributed by atoms with Crippen LogP contribution in [0.3, 0.4) is 0 Å². The Morgan fingerprint density at radius 3 is 2.50 bits per heavy atom. The minimum Gasteiger partial charge on any atom is -0.383 e. The van der Waals surface area contributed by atoms with Crippen LogP contribution in [-0.2, 0) is 19.1 Å². The molecule has 9 heteroatoms. The highest BCUT2D eigenvalue weighted by atomic mass is 16.7. The van der Waals surface area contributed by atoms with E-state index < -0.39 is 63.6 Å². The fraction of sp³-hybridized carbons (Fsp3) is 0.667. The fourth-order valence-corrected chi connectivity index (χ4v) is 7.67. The monoisotopic (exact) mass is 416 g/mol. The molecule has 5 fully saturated rings. The average Bonchev–Trinajstić information content (AvgIpc) is 3.18. The van der Waals surface area contributed by atoms with Gasteiger partial charge in [0.25, 0.3) is 17.4 Å². The number of likely N-dealkylation sites (tertiary alicyclic amines) is 1. The zero-order valence-corrected chi connectivity index (χ0v) is 17.1. The molecule has 9 nitrogen and oxygen atoms in total. The van der Waals surface area contributed by atoms with Gasteiger partial charge in [0.1, 0.15) is 11.6 Å².